The second-order valence-corrected chi connectivity index (χ2v) is 8.05. The van der Waals surface area contributed by atoms with E-state index in [1.807, 2.05) is 23.6 Å². The highest BCUT2D eigenvalue weighted by atomic mass is 32.1. The molecule has 3 N–H and O–H groups in total. The second kappa shape index (κ2) is 6.90. The maximum atomic E-state index is 12.4. The molecule has 0 bridgehead atoms. The predicted molar refractivity (Wildman–Crippen MR) is 108 cm³/mol. The van der Waals surface area contributed by atoms with Crippen LogP contribution in [0.3, 0.4) is 0 Å². The lowest BCUT2D eigenvalue weighted by Gasteiger charge is -2.22. The summed E-state index contributed by atoms with van der Waals surface area (Å²) in [5.74, 6) is 1.45. The standard InChI is InChI=1S/C19H20N6O2S/c26-16(9-13-10-28-19(22-13)25-7-6-20-18(25)27)21-12-4-5-14-15(8-12)24-17(23-14)11-2-1-3-11/h4-5,8,10-11H,1-3,6-7,9H2,(H,20,27)(H,21,26)(H,23,24). The van der Waals surface area contributed by atoms with E-state index in [0.717, 1.165) is 22.5 Å². The zero-order valence-electron chi connectivity index (χ0n) is 15.2. The maximum absolute atomic E-state index is 12.4. The van der Waals surface area contributed by atoms with E-state index in [9.17, 15) is 9.59 Å². The van der Waals surface area contributed by atoms with Gasteiger partial charge in [-0.2, -0.15) is 0 Å². The number of thiazole rings is 1. The first-order valence-corrected chi connectivity index (χ1v) is 10.3. The van der Waals surface area contributed by atoms with Crippen LogP contribution in [0, 0.1) is 0 Å². The van der Waals surface area contributed by atoms with Gasteiger partial charge in [-0.1, -0.05) is 6.42 Å². The SMILES string of the molecule is O=C(Cc1csc(N2CCNC2=O)n1)Nc1ccc2nc(C3CCC3)[nH]c2c1. The highest BCUT2D eigenvalue weighted by molar-refractivity contribution is 7.14. The Morgan fingerprint density at radius 3 is 2.96 bits per heavy atom. The maximum Gasteiger partial charge on any atom is 0.323 e. The molecule has 0 spiro atoms. The molecule has 3 heterocycles. The van der Waals surface area contributed by atoms with Gasteiger partial charge in [0.15, 0.2) is 5.13 Å². The van der Waals surface area contributed by atoms with Gasteiger partial charge in [-0.25, -0.2) is 14.8 Å². The summed E-state index contributed by atoms with van der Waals surface area (Å²) in [6.45, 7) is 1.22. The van der Waals surface area contributed by atoms with Crippen LogP contribution >= 0.6 is 11.3 Å². The summed E-state index contributed by atoms with van der Waals surface area (Å²) in [4.78, 5) is 38.2. The fraction of sp³-hybridized carbons (Fsp3) is 0.368. The molecule has 5 rings (SSSR count). The molecule has 144 valence electrons. The summed E-state index contributed by atoms with van der Waals surface area (Å²) in [7, 11) is 0. The van der Waals surface area contributed by atoms with E-state index >= 15 is 0 Å². The molecule has 0 unspecified atom stereocenters. The van der Waals surface area contributed by atoms with Gasteiger partial charge in [0.1, 0.15) is 5.82 Å². The fourth-order valence-corrected chi connectivity index (χ4v) is 4.36. The minimum absolute atomic E-state index is 0.138. The number of hydrogen-bond donors (Lipinski definition) is 3. The van der Waals surface area contributed by atoms with Crippen LogP contribution in [0.25, 0.3) is 11.0 Å². The van der Waals surface area contributed by atoms with Crippen LogP contribution in [0.1, 0.15) is 36.7 Å². The second-order valence-electron chi connectivity index (χ2n) is 7.21. The van der Waals surface area contributed by atoms with Crippen molar-refractivity contribution >= 4 is 45.1 Å². The molecule has 9 heteroatoms. The third-order valence-electron chi connectivity index (χ3n) is 5.24. The predicted octanol–water partition coefficient (Wildman–Crippen LogP) is 3.00. The Morgan fingerprint density at radius 2 is 2.21 bits per heavy atom. The third kappa shape index (κ3) is 3.22. The van der Waals surface area contributed by atoms with Crippen molar-refractivity contribution in [3.8, 4) is 0 Å². The Hall–Kier alpha value is -2.94. The van der Waals surface area contributed by atoms with Gasteiger partial charge in [0.25, 0.3) is 0 Å². The largest absolute Gasteiger partial charge is 0.342 e. The molecule has 0 radical (unpaired) electrons. The van der Waals surface area contributed by atoms with E-state index in [4.69, 9.17) is 0 Å². The van der Waals surface area contributed by atoms with Crippen LogP contribution in [0.5, 0.6) is 0 Å². The number of nitrogens with zero attached hydrogens (tertiary/aromatic N) is 3. The zero-order valence-corrected chi connectivity index (χ0v) is 16.0. The Bertz CT molecular complexity index is 1050. The number of amides is 3. The number of benzene rings is 1. The van der Waals surface area contributed by atoms with Crippen LogP contribution in [-0.4, -0.2) is 40.0 Å². The van der Waals surface area contributed by atoms with Gasteiger partial charge in [-0.15, -0.1) is 11.3 Å². The molecule has 1 aliphatic carbocycles. The number of aromatic nitrogens is 3. The Labute approximate surface area is 165 Å². The summed E-state index contributed by atoms with van der Waals surface area (Å²) in [5, 5.41) is 8.12. The van der Waals surface area contributed by atoms with Crippen molar-refractivity contribution in [3.05, 3.63) is 35.1 Å². The van der Waals surface area contributed by atoms with Crippen LogP contribution in [0.15, 0.2) is 23.6 Å². The minimum atomic E-state index is -0.139. The van der Waals surface area contributed by atoms with E-state index in [1.165, 1.54) is 30.6 Å². The minimum Gasteiger partial charge on any atom is -0.342 e. The first-order chi connectivity index (χ1) is 13.7. The lowest BCUT2D eigenvalue weighted by Crippen LogP contribution is -2.27. The van der Waals surface area contributed by atoms with Crippen LogP contribution < -0.4 is 15.5 Å². The molecule has 1 saturated heterocycles. The number of hydrogen-bond acceptors (Lipinski definition) is 5. The van der Waals surface area contributed by atoms with E-state index < -0.39 is 0 Å². The van der Waals surface area contributed by atoms with Gasteiger partial charge in [0.05, 0.1) is 23.1 Å². The summed E-state index contributed by atoms with van der Waals surface area (Å²) in [6, 6.07) is 5.58. The van der Waals surface area contributed by atoms with Gasteiger partial charge in [0, 0.05) is 30.1 Å². The molecule has 1 saturated carbocycles. The summed E-state index contributed by atoms with van der Waals surface area (Å²) in [5.41, 5.74) is 3.26. The highest BCUT2D eigenvalue weighted by Crippen LogP contribution is 2.35. The number of nitrogens with one attached hydrogen (secondary N) is 3. The molecular weight excluding hydrogens is 376 g/mol. The number of fused-ring (bicyclic) bond motifs is 1. The quantitative estimate of drug-likeness (QED) is 0.617. The van der Waals surface area contributed by atoms with E-state index in [1.54, 1.807) is 4.90 Å². The van der Waals surface area contributed by atoms with Gasteiger partial charge in [-0.05, 0) is 31.0 Å². The number of imidazole rings is 1. The van der Waals surface area contributed by atoms with Crippen molar-refractivity contribution in [1.29, 1.82) is 0 Å². The van der Waals surface area contributed by atoms with E-state index in [2.05, 4.69) is 25.6 Å². The van der Waals surface area contributed by atoms with Crippen LogP contribution in [-0.2, 0) is 11.2 Å². The Balaban J connectivity index is 1.25. The van der Waals surface area contributed by atoms with Gasteiger partial charge in [-0.3, -0.25) is 9.69 Å². The molecule has 1 aromatic carbocycles. The van der Waals surface area contributed by atoms with Gasteiger partial charge < -0.3 is 15.6 Å². The number of carbonyl (C=O) groups excluding carboxylic acids is 2. The monoisotopic (exact) mass is 396 g/mol. The van der Waals surface area contributed by atoms with Crippen LogP contribution in [0.4, 0.5) is 15.6 Å². The summed E-state index contributed by atoms with van der Waals surface area (Å²) >= 11 is 1.37. The Morgan fingerprint density at radius 1 is 1.32 bits per heavy atom. The zero-order chi connectivity index (χ0) is 19.1. The number of urea groups is 1. The smallest absolute Gasteiger partial charge is 0.323 e. The topological polar surface area (TPSA) is 103 Å². The average molecular weight is 396 g/mol. The van der Waals surface area contributed by atoms with E-state index in [0.29, 0.717) is 29.8 Å². The van der Waals surface area contributed by atoms with Crippen molar-refractivity contribution in [2.75, 3.05) is 23.3 Å². The first-order valence-electron chi connectivity index (χ1n) is 9.45. The molecule has 2 aromatic heterocycles. The average Bonchev–Trinajstić information content (AvgIpc) is 3.32. The summed E-state index contributed by atoms with van der Waals surface area (Å²) in [6.07, 6.45) is 3.82. The van der Waals surface area contributed by atoms with Crippen LogP contribution in [0.2, 0.25) is 0 Å². The number of carbonyl (C=O) groups is 2. The lowest BCUT2D eigenvalue weighted by atomic mass is 9.85. The molecule has 2 aliphatic rings. The fourth-order valence-electron chi connectivity index (χ4n) is 3.51. The number of rotatable bonds is 5. The number of H-pyrrole nitrogens is 1. The van der Waals surface area contributed by atoms with Gasteiger partial charge in [0.2, 0.25) is 5.91 Å². The molecule has 2 fully saturated rings. The van der Waals surface area contributed by atoms with Crippen molar-refractivity contribution in [2.24, 2.45) is 0 Å². The van der Waals surface area contributed by atoms with Gasteiger partial charge >= 0.3 is 6.03 Å². The Kier molecular flexibility index (Phi) is 4.23. The number of aromatic amines is 1. The van der Waals surface area contributed by atoms with E-state index in [-0.39, 0.29) is 18.4 Å². The highest BCUT2D eigenvalue weighted by Gasteiger charge is 2.24. The molecule has 8 nitrogen and oxygen atoms in total. The van der Waals surface area contributed by atoms with Crippen molar-refractivity contribution in [2.45, 2.75) is 31.6 Å². The third-order valence-corrected chi connectivity index (χ3v) is 6.16. The molecule has 3 amide bonds. The van der Waals surface area contributed by atoms with Crippen molar-refractivity contribution in [3.63, 3.8) is 0 Å². The molecular formula is C19H20N6O2S. The first kappa shape index (κ1) is 17.2. The normalized spacial score (nSPS) is 17.0. The molecule has 28 heavy (non-hydrogen) atoms. The molecule has 1 aliphatic heterocycles. The lowest BCUT2D eigenvalue weighted by molar-refractivity contribution is -0.115. The molecule has 3 aromatic rings. The van der Waals surface area contributed by atoms with Crippen molar-refractivity contribution in [1.82, 2.24) is 20.3 Å². The summed E-state index contributed by atoms with van der Waals surface area (Å²) < 4.78 is 0. The number of anilines is 2. The van der Waals surface area contributed by atoms with Crippen molar-refractivity contribution < 1.29 is 9.59 Å². The molecule has 0 atom stereocenters.